The molecular weight excluding hydrogens is 404 g/mol. The van der Waals surface area contributed by atoms with E-state index in [9.17, 15) is 19.2 Å². The third kappa shape index (κ3) is 5.39. The summed E-state index contributed by atoms with van der Waals surface area (Å²) in [5.41, 5.74) is 7.89. The highest BCUT2D eigenvalue weighted by atomic mass is 16.5. The molecule has 0 saturated carbocycles. The number of carbonyl (C=O) groups is 4. The first-order valence-corrected chi connectivity index (χ1v) is 9.57. The number of hydrogen-bond donors (Lipinski definition) is 3. The number of aryl methyl sites for hydroxylation is 1. The van der Waals surface area contributed by atoms with Gasteiger partial charge in [-0.05, 0) is 30.7 Å². The van der Waals surface area contributed by atoms with Gasteiger partial charge in [-0.15, -0.1) is 0 Å². The zero-order valence-corrected chi connectivity index (χ0v) is 16.8. The monoisotopic (exact) mass is 426 g/mol. The number of esters is 1. The largest absolute Gasteiger partial charge is 0.483 e. The van der Waals surface area contributed by atoms with Crippen LogP contribution in [0.2, 0.25) is 0 Å². The van der Waals surface area contributed by atoms with Gasteiger partial charge in [-0.25, -0.2) is 9.59 Å². The van der Waals surface area contributed by atoms with E-state index in [4.69, 9.17) is 20.3 Å². The summed E-state index contributed by atoms with van der Waals surface area (Å²) in [5, 5.41) is 11.3. The van der Waals surface area contributed by atoms with E-state index in [0.29, 0.717) is 23.3 Å². The lowest BCUT2D eigenvalue weighted by molar-refractivity contribution is -0.143. The molecule has 2 atom stereocenters. The Labute approximate surface area is 178 Å². The van der Waals surface area contributed by atoms with Gasteiger partial charge in [-0.1, -0.05) is 29.8 Å². The van der Waals surface area contributed by atoms with Crippen molar-refractivity contribution in [3.8, 4) is 5.75 Å². The van der Waals surface area contributed by atoms with Gasteiger partial charge in [0.2, 0.25) is 5.91 Å². The predicted molar refractivity (Wildman–Crippen MR) is 108 cm³/mol. The Hall–Kier alpha value is -3.88. The molecule has 2 aromatic rings. The average Bonchev–Trinajstić information content (AvgIpc) is 2.72. The Morgan fingerprint density at radius 1 is 1.26 bits per heavy atom. The first kappa shape index (κ1) is 21.8. The molecule has 0 saturated heterocycles. The molecule has 31 heavy (non-hydrogen) atoms. The molecule has 0 spiro atoms. The molecule has 0 fully saturated rings. The maximum absolute atomic E-state index is 12.4. The average molecular weight is 426 g/mol. The first-order valence-electron chi connectivity index (χ1n) is 9.57. The van der Waals surface area contributed by atoms with E-state index in [-0.39, 0.29) is 0 Å². The van der Waals surface area contributed by atoms with Crippen molar-refractivity contribution in [2.75, 3.05) is 6.61 Å². The van der Waals surface area contributed by atoms with Crippen molar-refractivity contribution in [1.29, 1.82) is 0 Å². The maximum Gasteiger partial charge on any atom is 0.339 e. The number of nitrogens with two attached hydrogens (primary N) is 1. The maximum atomic E-state index is 12.4. The molecular formula is C22H22N2O7. The summed E-state index contributed by atoms with van der Waals surface area (Å²) >= 11 is 0. The van der Waals surface area contributed by atoms with Crippen LogP contribution in [0.4, 0.5) is 0 Å². The number of amides is 2. The third-order valence-electron chi connectivity index (χ3n) is 4.80. The Morgan fingerprint density at radius 3 is 2.71 bits per heavy atom. The number of hydrogen-bond acceptors (Lipinski definition) is 6. The van der Waals surface area contributed by atoms with Gasteiger partial charge in [0, 0.05) is 12.0 Å². The van der Waals surface area contributed by atoms with Crippen LogP contribution in [0.25, 0.3) is 0 Å². The lowest BCUT2D eigenvalue weighted by atomic mass is 9.93. The van der Waals surface area contributed by atoms with Crippen molar-refractivity contribution in [3.05, 3.63) is 64.7 Å². The number of carboxylic acids is 1. The summed E-state index contributed by atoms with van der Waals surface area (Å²) in [7, 11) is 0. The number of carbonyl (C=O) groups excluding carboxylic acids is 3. The van der Waals surface area contributed by atoms with E-state index in [2.05, 4.69) is 5.32 Å². The van der Waals surface area contributed by atoms with E-state index < -0.39 is 48.9 Å². The number of benzene rings is 2. The van der Waals surface area contributed by atoms with Gasteiger partial charge >= 0.3 is 11.9 Å². The van der Waals surface area contributed by atoms with Crippen LogP contribution in [0, 0.1) is 6.92 Å². The Morgan fingerprint density at radius 2 is 2.00 bits per heavy atom. The smallest absolute Gasteiger partial charge is 0.339 e. The highest BCUT2D eigenvalue weighted by molar-refractivity contribution is 5.92. The molecule has 0 radical (unpaired) electrons. The first-order chi connectivity index (χ1) is 14.7. The number of aliphatic carboxylic acids is 1. The predicted octanol–water partition coefficient (Wildman–Crippen LogP) is 1.27. The molecule has 0 aromatic heterocycles. The van der Waals surface area contributed by atoms with Crippen LogP contribution < -0.4 is 15.8 Å². The number of carboxylic acid groups (broad SMARTS) is 1. The normalized spacial score (nSPS) is 15.9. The van der Waals surface area contributed by atoms with Gasteiger partial charge in [0.05, 0.1) is 12.0 Å². The molecule has 0 bridgehead atoms. The molecule has 2 unspecified atom stereocenters. The van der Waals surface area contributed by atoms with Crippen molar-refractivity contribution in [2.45, 2.75) is 31.9 Å². The number of cyclic esters (lactones) is 1. The molecule has 162 valence electrons. The number of rotatable bonds is 8. The zero-order chi connectivity index (χ0) is 22.5. The second-order valence-corrected chi connectivity index (χ2v) is 7.21. The Kier molecular flexibility index (Phi) is 6.54. The highest BCUT2D eigenvalue weighted by Gasteiger charge is 2.29. The number of fused-ring (bicyclic) bond motifs is 1. The Bertz CT molecular complexity index is 1030. The minimum Gasteiger partial charge on any atom is -0.483 e. The van der Waals surface area contributed by atoms with Crippen LogP contribution in [0.15, 0.2) is 42.5 Å². The van der Waals surface area contributed by atoms with Crippen molar-refractivity contribution in [2.24, 2.45) is 5.73 Å². The van der Waals surface area contributed by atoms with E-state index in [1.807, 2.05) is 25.1 Å². The molecule has 2 amide bonds. The fourth-order valence-electron chi connectivity index (χ4n) is 3.34. The van der Waals surface area contributed by atoms with Crippen molar-refractivity contribution in [3.63, 3.8) is 0 Å². The molecule has 0 aliphatic carbocycles. The molecule has 4 N–H and O–H groups in total. The lowest BCUT2D eigenvalue weighted by Gasteiger charge is -2.26. The van der Waals surface area contributed by atoms with E-state index in [0.717, 1.165) is 11.1 Å². The lowest BCUT2D eigenvalue weighted by Crippen LogP contribution is -2.45. The van der Waals surface area contributed by atoms with Crippen LogP contribution in [0.5, 0.6) is 5.75 Å². The van der Waals surface area contributed by atoms with E-state index in [1.54, 1.807) is 24.3 Å². The van der Waals surface area contributed by atoms with Gasteiger partial charge in [0.1, 0.15) is 17.9 Å². The quantitative estimate of drug-likeness (QED) is 0.539. The van der Waals surface area contributed by atoms with Crippen LogP contribution in [-0.2, 0) is 25.5 Å². The minimum atomic E-state index is -1.44. The summed E-state index contributed by atoms with van der Waals surface area (Å²) in [6.07, 6.45) is -0.677. The van der Waals surface area contributed by atoms with Gasteiger partial charge in [-0.3, -0.25) is 9.59 Å². The van der Waals surface area contributed by atoms with Gasteiger partial charge < -0.3 is 25.6 Å². The fourth-order valence-corrected chi connectivity index (χ4v) is 3.34. The molecule has 1 heterocycles. The Balaban J connectivity index is 1.74. The zero-order valence-electron chi connectivity index (χ0n) is 16.8. The fraction of sp³-hybridized carbons (Fsp3) is 0.273. The standard InChI is InChI=1S/C22H22N2O7/c1-12-6-7-17(30-11-20(26)24-16(21(27)28)10-19(23)25)15(8-12)18-9-13-4-2-3-5-14(13)22(29)31-18/h2-8,16,18H,9-11H2,1H3,(H2,23,25)(H,24,26)(H,27,28). The molecule has 9 nitrogen and oxygen atoms in total. The topological polar surface area (TPSA) is 145 Å². The minimum absolute atomic E-state index is 0.333. The van der Waals surface area contributed by atoms with Crippen LogP contribution in [-0.4, -0.2) is 41.5 Å². The van der Waals surface area contributed by atoms with E-state index >= 15 is 0 Å². The highest BCUT2D eigenvalue weighted by Crippen LogP contribution is 2.35. The molecule has 3 rings (SSSR count). The molecule has 1 aliphatic heterocycles. The van der Waals surface area contributed by atoms with Gasteiger partial charge in [0.15, 0.2) is 6.61 Å². The second-order valence-electron chi connectivity index (χ2n) is 7.21. The van der Waals surface area contributed by atoms with Crippen molar-refractivity contribution < 1.29 is 33.8 Å². The number of ether oxygens (including phenoxy) is 2. The van der Waals surface area contributed by atoms with Gasteiger partial charge in [0.25, 0.3) is 5.91 Å². The third-order valence-corrected chi connectivity index (χ3v) is 4.80. The van der Waals surface area contributed by atoms with Crippen molar-refractivity contribution in [1.82, 2.24) is 5.32 Å². The van der Waals surface area contributed by atoms with E-state index in [1.165, 1.54) is 0 Å². The SMILES string of the molecule is Cc1ccc(OCC(=O)NC(CC(N)=O)C(=O)O)c(C2Cc3ccccc3C(=O)O2)c1. The number of nitrogens with one attached hydrogen (secondary N) is 1. The van der Waals surface area contributed by atoms with Gasteiger partial charge in [-0.2, -0.15) is 0 Å². The molecule has 1 aliphatic rings. The summed E-state index contributed by atoms with van der Waals surface area (Å²) in [6.45, 7) is 1.38. The van der Waals surface area contributed by atoms with Crippen molar-refractivity contribution >= 4 is 23.8 Å². The summed E-state index contributed by atoms with van der Waals surface area (Å²) < 4.78 is 11.2. The number of primary amides is 1. The molecule has 9 heteroatoms. The van der Waals surface area contributed by atoms with Crippen LogP contribution in [0.3, 0.4) is 0 Å². The summed E-state index contributed by atoms with van der Waals surface area (Å²) in [6, 6.07) is 11.0. The van der Waals surface area contributed by atoms with Crippen LogP contribution in [0.1, 0.15) is 39.6 Å². The van der Waals surface area contributed by atoms with Crippen LogP contribution >= 0.6 is 0 Å². The summed E-state index contributed by atoms with van der Waals surface area (Å²) in [5.74, 6) is -3.07. The summed E-state index contributed by atoms with van der Waals surface area (Å²) in [4.78, 5) is 46.7. The second kappa shape index (κ2) is 9.29. The molecule has 2 aromatic carbocycles.